The minimum absolute atomic E-state index is 0.117. The van der Waals surface area contributed by atoms with Gasteiger partial charge in [-0.1, -0.05) is 0 Å². The Kier molecular flexibility index (Phi) is 7.12. The Morgan fingerprint density at radius 3 is 1.23 bits per heavy atom. The van der Waals surface area contributed by atoms with E-state index in [2.05, 4.69) is 20.6 Å². The summed E-state index contributed by atoms with van der Waals surface area (Å²) in [6, 6.07) is 10.1. The summed E-state index contributed by atoms with van der Waals surface area (Å²) in [4.78, 5) is 32.2. The summed E-state index contributed by atoms with van der Waals surface area (Å²) in [6.07, 6.45) is 1.56. The molecule has 2 aromatic carbocycles. The van der Waals surface area contributed by atoms with E-state index in [9.17, 15) is 26.4 Å². The van der Waals surface area contributed by atoms with Crippen molar-refractivity contribution in [3.8, 4) is 0 Å². The second kappa shape index (κ2) is 9.36. The van der Waals surface area contributed by atoms with Crippen molar-refractivity contribution in [1.82, 2.24) is 0 Å². The lowest BCUT2D eigenvalue weighted by Crippen LogP contribution is -2.13. The van der Waals surface area contributed by atoms with Crippen molar-refractivity contribution >= 4 is 43.4 Å². The molecule has 12 nitrogen and oxygen atoms in total. The van der Waals surface area contributed by atoms with Crippen LogP contribution in [0, 0.1) is 0 Å². The number of carbonyl (C=O) groups is 2. The van der Waals surface area contributed by atoms with E-state index in [4.69, 9.17) is 10.3 Å². The van der Waals surface area contributed by atoms with Gasteiger partial charge in [-0.15, -0.1) is 0 Å². The Morgan fingerprint density at radius 2 is 0.967 bits per heavy atom. The molecule has 0 radical (unpaired) electrons. The quantitative estimate of drug-likeness (QED) is 0.309. The highest BCUT2D eigenvalue weighted by atomic mass is 32.2. The maximum Gasteiger partial charge on any atom is 0.355 e. The van der Waals surface area contributed by atoms with E-state index < -0.39 is 32.0 Å². The first-order chi connectivity index (χ1) is 13.9. The zero-order valence-electron chi connectivity index (χ0n) is 15.0. The lowest BCUT2D eigenvalue weighted by Gasteiger charge is -2.06. The van der Waals surface area contributed by atoms with E-state index in [-0.39, 0.29) is 21.2 Å². The highest BCUT2D eigenvalue weighted by Gasteiger charge is 2.08. The van der Waals surface area contributed by atoms with Crippen molar-refractivity contribution in [2.24, 2.45) is 10.3 Å². The second-order valence-corrected chi connectivity index (χ2v) is 8.64. The van der Waals surface area contributed by atoms with Crippen molar-refractivity contribution in [1.29, 1.82) is 0 Å². The van der Waals surface area contributed by atoms with E-state index in [1.54, 1.807) is 0 Å². The largest absolute Gasteiger partial charge is 0.355 e. The lowest BCUT2D eigenvalue weighted by molar-refractivity contribution is -0.137. The molecule has 30 heavy (non-hydrogen) atoms. The Labute approximate surface area is 171 Å². The fourth-order valence-corrected chi connectivity index (χ4v) is 2.88. The fourth-order valence-electron chi connectivity index (χ4n) is 1.85. The molecular weight excluding hydrogens is 440 g/mol. The Bertz CT molecular complexity index is 1070. The van der Waals surface area contributed by atoms with E-state index in [0.717, 1.165) is 12.2 Å². The highest BCUT2D eigenvalue weighted by molar-refractivity contribution is 7.89. The van der Waals surface area contributed by atoms with Gasteiger partial charge in [0.1, 0.15) is 0 Å². The van der Waals surface area contributed by atoms with Crippen LogP contribution in [0.2, 0.25) is 0 Å². The summed E-state index contributed by atoms with van der Waals surface area (Å²) in [5.74, 6) is -1.89. The Morgan fingerprint density at radius 1 is 0.667 bits per heavy atom. The average Bonchev–Trinajstić information content (AvgIpc) is 2.68. The number of nitrogens with one attached hydrogen (secondary N) is 2. The van der Waals surface area contributed by atoms with Gasteiger partial charge < -0.3 is 9.68 Å². The number of rotatable bonds is 8. The maximum atomic E-state index is 11.6. The van der Waals surface area contributed by atoms with Gasteiger partial charge in [-0.2, -0.15) is 0 Å². The van der Waals surface area contributed by atoms with Gasteiger partial charge in [-0.25, -0.2) is 47.7 Å². The average molecular weight is 456 g/mol. The van der Waals surface area contributed by atoms with Crippen molar-refractivity contribution in [2.75, 3.05) is 11.0 Å². The fraction of sp³-hybridized carbons (Fsp3) is 0. The summed E-state index contributed by atoms with van der Waals surface area (Å²) < 4.78 is 44.6. The standard InChI is InChI=1S/C16H16N4O8S2/c17-29(23,24)13-5-1-11(2-6-13)19-27-15(21)9-10-16(22)28-20-12-3-7-14(8-4-12)30(18,25)26/h1-10,19-20H,(H2,17,23,24)(H2,18,25,26). The molecule has 0 aliphatic carbocycles. The van der Waals surface area contributed by atoms with Crippen LogP contribution < -0.4 is 21.2 Å². The Hall–Kier alpha value is -3.46. The molecule has 0 unspecified atom stereocenters. The molecule has 0 aromatic heterocycles. The van der Waals surface area contributed by atoms with E-state index in [1.807, 2.05) is 0 Å². The number of hydrogen-bond donors (Lipinski definition) is 4. The molecule has 6 N–H and O–H groups in total. The van der Waals surface area contributed by atoms with Crippen LogP contribution in [0.1, 0.15) is 0 Å². The minimum Gasteiger partial charge on any atom is -0.339 e. The zero-order chi connectivity index (χ0) is 22.4. The van der Waals surface area contributed by atoms with E-state index in [0.29, 0.717) is 0 Å². The first-order valence-electron chi connectivity index (χ1n) is 7.82. The third kappa shape index (κ3) is 7.17. The van der Waals surface area contributed by atoms with Gasteiger partial charge in [0.15, 0.2) is 0 Å². The van der Waals surface area contributed by atoms with Crippen LogP contribution in [-0.2, 0) is 39.3 Å². The predicted octanol–water partition coefficient (Wildman–Crippen LogP) is -0.0220. The second-order valence-electron chi connectivity index (χ2n) is 5.52. The van der Waals surface area contributed by atoms with Crippen molar-refractivity contribution in [3.63, 3.8) is 0 Å². The highest BCUT2D eigenvalue weighted by Crippen LogP contribution is 2.13. The van der Waals surface area contributed by atoms with Crippen LogP contribution in [0.25, 0.3) is 0 Å². The number of carbonyl (C=O) groups excluding carboxylic acids is 2. The predicted molar refractivity (Wildman–Crippen MR) is 104 cm³/mol. The minimum atomic E-state index is -3.84. The molecule has 14 heteroatoms. The first-order valence-corrected chi connectivity index (χ1v) is 10.9. The van der Waals surface area contributed by atoms with Crippen molar-refractivity contribution < 1.29 is 36.1 Å². The molecule has 0 atom stereocenters. The molecule has 0 amide bonds. The first kappa shape index (κ1) is 22.8. The van der Waals surface area contributed by atoms with Gasteiger partial charge >= 0.3 is 11.9 Å². The molecule has 0 heterocycles. The van der Waals surface area contributed by atoms with E-state index in [1.165, 1.54) is 48.5 Å². The molecule has 0 fully saturated rings. The third-order valence-electron chi connectivity index (χ3n) is 3.26. The number of sulfonamides is 2. The molecule has 0 saturated carbocycles. The summed E-state index contributed by atoms with van der Waals surface area (Å²) in [7, 11) is -7.68. The van der Waals surface area contributed by atoms with Crippen LogP contribution in [0.3, 0.4) is 0 Å². The number of benzene rings is 2. The van der Waals surface area contributed by atoms with Crippen molar-refractivity contribution in [3.05, 3.63) is 60.7 Å². The van der Waals surface area contributed by atoms with Gasteiger partial charge in [0.25, 0.3) is 0 Å². The molecular formula is C16H16N4O8S2. The topological polar surface area (TPSA) is 197 Å². The molecule has 0 aliphatic heterocycles. The van der Waals surface area contributed by atoms with Crippen LogP contribution in [0.4, 0.5) is 11.4 Å². The summed E-state index contributed by atoms with van der Waals surface area (Å²) in [6.45, 7) is 0. The molecule has 0 spiro atoms. The number of hydrogen-bond acceptors (Lipinski definition) is 10. The van der Waals surface area contributed by atoms with Gasteiger partial charge in [-0.05, 0) is 48.5 Å². The van der Waals surface area contributed by atoms with Crippen LogP contribution >= 0.6 is 0 Å². The number of anilines is 2. The van der Waals surface area contributed by atoms with Gasteiger partial charge in [-0.3, -0.25) is 0 Å². The SMILES string of the molecule is NS(=O)(=O)c1ccc(NOC(=O)C=CC(=O)ONc2ccc(S(N)(=O)=O)cc2)cc1. The third-order valence-corrected chi connectivity index (χ3v) is 5.12. The molecule has 160 valence electrons. The molecule has 0 saturated heterocycles. The van der Waals surface area contributed by atoms with Gasteiger partial charge in [0.05, 0.1) is 21.2 Å². The summed E-state index contributed by atoms with van der Waals surface area (Å²) in [5, 5.41) is 9.92. The van der Waals surface area contributed by atoms with Crippen LogP contribution in [0.15, 0.2) is 70.5 Å². The van der Waals surface area contributed by atoms with E-state index >= 15 is 0 Å². The number of nitrogens with two attached hydrogens (primary N) is 2. The van der Waals surface area contributed by atoms with Gasteiger partial charge in [0.2, 0.25) is 20.0 Å². The summed E-state index contributed by atoms with van der Waals surface area (Å²) >= 11 is 0. The zero-order valence-corrected chi connectivity index (χ0v) is 16.6. The summed E-state index contributed by atoms with van der Waals surface area (Å²) in [5.41, 5.74) is 5.04. The van der Waals surface area contributed by atoms with Gasteiger partial charge in [0, 0.05) is 12.2 Å². The normalized spacial score (nSPS) is 11.7. The maximum absolute atomic E-state index is 11.6. The van der Waals surface area contributed by atoms with Crippen LogP contribution in [0.5, 0.6) is 0 Å². The molecule has 2 rings (SSSR count). The molecule has 0 aliphatic rings. The molecule has 2 aromatic rings. The smallest absolute Gasteiger partial charge is 0.339 e. The monoisotopic (exact) mass is 456 g/mol. The molecule has 0 bridgehead atoms. The van der Waals surface area contributed by atoms with Crippen LogP contribution in [-0.4, -0.2) is 28.8 Å². The number of primary sulfonamides is 2. The lowest BCUT2D eigenvalue weighted by atomic mass is 10.3. The Balaban J connectivity index is 1.79. The van der Waals surface area contributed by atoms with Crippen molar-refractivity contribution in [2.45, 2.75) is 9.79 Å².